The van der Waals surface area contributed by atoms with Crippen molar-refractivity contribution in [1.29, 1.82) is 0 Å². The summed E-state index contributed by atoms with van der Waals surface area (Å²) in [6.45, 7) is 10.2. The molecule has 0 aliphatic carbocycles. The van der Waals surface area contributed by atoms with Gasteiger partial charge in [0.15, 0.2) is 0 Å². The molecule has 0 saturated heterocycles. The maximum atomic E-state index is 6.60. The van der Waals surface area contributed by atoms with E-state index in [2.05, 4.69) is 88.4 Å². The molecule has 0 aliphatic heterocycles. The van der Waals surface area contributed by atoms with E-state index in [0.717, 1.165) is 13.2 Å². The minimum absolute atomic E-state index is 0.487. The quantitative estimate of drug-likeness (QED) is 0.610. The van der Waals surface area contributed by atoms with Crippen LogP contribution >= 0.6 is 0 Å². The van der Waals surface area contributed by atoms with Crippen molar-refractivity contribution in [2.24, 2.45) is 11.8 Å². The van der Waals surface area contributed by atoms with E-state index >= 15 is 0 Å². The SMILES string of the molecule is CC(C)C[O][Sn]([O]CC(C)C)([c]1ccccc1)[c]1ccccc1. The van der Waals surface area contributed by atoms with Gasteiger partial charge in [-0.1, -0.05) is 0 Å². The molecule has 2 rings (SSSR count). The summed E-state index contributed by atoms with van der Waals surface area (Å²) < 4.78 is 15.7. The molecular formula is C20H28O2Sn. The average molecular weight is 419 g/mol. The van der Waals surface area contributed by atoms with Crippen LogP contribution in [0.2, 0.25) is 0 Å². The fraction of sp³-hybridized carbons (Fsp3) is 0.400. The second-order valence-electron chi connectivity index (χ2n) is 6.76. The van der Waals surface area contributed by atoms with Crippen molar-refractivity contribution in [2.75, 3.05) is 13.2 Å². The Balaban J connectivity index is 2.48. The molecule has 2 aromatic rings. The van der Waals surface area contributed by atoms with Crippen molar-refractivity contribution >= 4 is 26.4 Å². The predicted octanol–water partition coefficient (Wildman–Crippen LogP) is 3.59. The summed E-state index contributed by atoms with van der Waals surface area (Å²) in [5.74, 6) is 0.974. The van der Waals surface area contributed by atoms with Crippen LogP contribution in [0.25, 0.3) is 0 Å². The van der Waals surface area contributed by atoms with Crippen LogP contribution in [0, 0.1) is 11.8 Å². The van der Waals surface area contributed by atoms with Crippen molar-refractivity contribution in [1.82, 2.24) is 0 Å². The zero-order valence-corrected chi connectivity index (χ0v) is 17.5. The molecule has 0 amide bonds. The van der Waals surface area contributed by atoms with Crippen LogP contribution in [0.4, 0.5) is 0 Å². The Kier molecular flexibility index (Phi) is 7.12. The van der Waals surface area contributed by atoms with Crippen LogP contribution in [0.3, 0.4) is 0 Å². The predicted molar refractivity (Wildman–Crippen MR) is 99.5 cm³/mol. The Morgan fingerprint density at radius 2 is 1.00 bits per heavy atom. The van der Waals surface area contributed by atoms with Gasteiger partial charge in [0.25, 0.3) is 0 Å². The van der Waals surface area contributed by atoms with E-state index in [9.17, 15) is 0 Å². The molecule has 23 heavy (non-hydrogen) atoms. The van der Waals surface area contributed by atoms with Gasteiger partial charge in [-0.3, -0.25) is 0 Å². The van der Waals surface area contributed by atoms with Crippen molar-refractivity contribution in [2.45, 2.75) is 27.7 Å². The molecule has 0 aliphatic rings. The van der Waals surface area contributed by atoms with Gasteiger partial charge >= 0.3 is 146 Å². The first-order valence-electron chi connectivity index (χ1n) is 8.43. The zero-order chi connectivity index (χ0) is 16.7. The van der Waals surface area contributed by atoms with E-state index in [-0.39, 0.29) is 0 Å². The number of hydrogen-bond acceptors (Lipinski definition) is 2. The topological polar surface area (TPSA) is 18.5 Å². The van der Waals surface area contributed by atoms with Crippen molar-refractivity contribution in [3.05, 3.63) is 60.7 Å². The molecular weight excluding hydrogens is 391 g/mol. The van der Waals surface area contributed by atoms with Gasteiger partial charge in [-0.15, -0.1) is 0 Å². The standard InChI is InChI=1S/2C6H5.2C4H9O.Sn/c2*1-2-4-6-5-3-1;2*1-4(2)3-5;/h2*1-5H;2*4H,3H2,1-2H3;/q;;2*-1;+2. The van der Waals surface area contributed by atoms with Gasteiger partial charge in [0.05, 0.1) is 0 Å². The molecule has 3 heteroatoms. The van der Waals surface area contributed by atoms with Crippen molar-refractivity contribution in [3.8, 4) is 0 Å². The molecule has 0 atom stereocenters. The van der Waals surface area contributed by atoms with Crippen molar-refractivity contribution < 1.29 is 6.15 Å². The Morgan fingerprint density at radius 1 is 0.652 bits per heavy atom. The monoisotopic (exact) mass is 420 g/mol. The number of hydrogen-bond donors (Lipinski definition) is 0. The Morgan fingerprint density at radius 3 is 1.30 bits per heavy atom. The van der Waals surface area contributed by atoms with E-state index in [0.29, 0.717) is 11.8 Å². The van der Waals surface area contributed by atoms with Gasteiger partial charge in [-0.2, -0.15) is 0 Å². The number of rotatable bonds is 8. The molecule has 0 radical (unpaired) electrons. The molecule has 0 saturated carbocycles. The molecule has 0 bridgehead atoms. The normalized spacial score (nSPS) is 12.1. The molecule has 124 valence electrons. The average Bonchev–Trinajstić information content (AvgIpc) is 2.56. The van der Waals surface area contributed by atoms with Gasteiger partial charge in [0.2, 0.25) is 0 Å². The van der Waals surface area contributed by atoms with Gasteiger partial charge in [-0.25, -0.2) is 0 Å². The van der Waals surface area contributed by atoms with Crippen LogP contribution in [0.5, 0.6) is 0 Å². The third-order valence-corrected chi connectivity index (χ3v) is 13.1. The Labute approximate surface area is 145 Å². The zero-order valence-electron chi connectivity index (χ0n) is 14.7. The molecule has 2 aromatic carbocycles. The van der Waals surface area contributed by atoms with Gasteiger partial charge < -0.3 is 0 Å². The summed E-state index contributed by atoms with van der Waals surface area (Å²) in [6.07, 6.45) is 0. The summed E-state index contributed by atoms with van der Waals surface area (Å²) in [5, 5.41) is 0. The maximum absolute atomic E-state index is 6.60. The van der Waals surface area contributed by atoms with E-state index in [1.807, 2.05) is 0 Å². The fourth-order valence-corrected chi connectivity index (χ4v) is 12.4. The van der Waals surface area contributed by atoms with Crippen LogP contribution in [0.15, 0.2) is 60.7 Å². The van der Waals surface area contributed by atoms with E-state index in [1.54, 1.807) is 0 Å². The first kappa shape index (κ1) is 18.5. The second kappa shape index (κ2) is 8.86. The van der Waals surface area contributed by atoms with E-state index < -0.39 is 19.2 Å². The summed E-state index contributed by atoms with van der Waals surface area (Å²) in [7, 11) is 0. The Hall–Kier alpha value is -0.841. The second-order valence-corrected chi connectivity index (χ2v) is 15.2. The molecule has 2 nitrogen and oxygen atoms in total. The third-order valence-electron chi connectivity index (χ3n) is 3.55. The van der Waals surface area contributed by atoms with E-state index in [1.165, 1.54) is 7.16 Å². The Bertz CT molecular complexity index is 513. The first-order chi connectivity index (χ1) is 11.0. The summed E-state index contributed by atoms with van der Waals surface area (Å²) in [6, 6.07) is 21.1. The van der Waals surface area contributed by atoms with Gasteiger partial charge in [0, 0.05) is 0 Å². The van der Waals surface area contributed by atoms with Crippen LogP contribution in [0.1, 0.15) is 27.7 Å². The van der Waals surface area contributed by atoms with Crippen molar-refractivity contribution in [3.63, 3.8) is 0 Å². The minimum atomic E-state index is -3.61. The molecule has 0 spiro atoms. The molecule has 0 unspecified atom stereocenters. The summed E-state index contributed by atoms with van der Waals surface area (Å²) in [4.78, 5) is 0. The van der Waals surface area contributed by atoms with E-state index in [4.69, 9.17) is 6.15 Å². The molecule has 0 fully saturated rings. The fourth-order valence-electron chi connectivity index (χ4n) is 2.42. The number of benzene rings is 2. The van der Waals surface area contributed by atoms with Gasteiger partial charge in [0.1, 0.15) is 0 Å². The van der Waals surface area contributed by atoms with Gasteiger partial charge in [-0.05, 0) is 0 Å². The first-order valence-corrected chi connectivity index (χ1v) is 13.6. The van der Waals surface area contributed by atoms with Crippen LogP contribution < -0.4 is 7.16 Å². The molecule has 0 N–H and O–H groups in total. The summed E-state index contributed by atoms with van der Waals surface area (Å²) in [5.41, 5.74) is 0. The molecule has 0 heterocycles. The summed E-state index contributed by atoms with van der Waals surface area (Å²) >= 11 is -3.61. The molecule has 0 aromatic heterocycles. The van der Waals surface area contributed by atoms with Crippen LogP contribution in [-0.2, 0) is 6.15 Å². The third kappa shape index (κ3) is 5.06. The van der Waals surface area contributed by atoms with Crippen LogP contribution in [-0.4, -0.2) is 32.4 Å².